The summed E-state index contributed by atoms with van der Waals surface area (Å²) < 4.78 is 73.2. The number of hydrogen-bond donors (Lipinski definition) is 1. The molecule has 178 valence electrons. The first kappa shape index (κ1) is 27.5. The van der Waals surface area contributed by atoms with Gasteiger partial charge in [0.15, 0.2) is 17.5 Å². The third-order valence-electron chi connectivity index (χ3n) is 4.99. The van der Waals surface area contributed by atoms with Crippen molar-refractivity contribution in [1.82, 2.24) is 15.1 Å². The second kappa shape index (κ2) is 12.5. The van der Waals surface area contributed by atoms with E-state index in [2.05, 4.69) is 15.0 Å². The highest BCUT2D eigenvalue weighted by atomic mass is 127. The molecule has 1 N–H and O–H groups in total. The van der Waals surface area contributed by atoms with Crippen molar-refractivity contribution in [2.24, 2.45) is 4.99 Å². The van der Waals surface area contributed by atoms with Gasteiger partial charge in [-0.25, -0.2) is 0 Å². The molecule has 6 nitrogen and oxygen atoms in total. The molecule has 0 aromatic heterocycles. The smallest absolute Gasteiger partial charge is 0.403 e. The average molecular weight is 566 g/mol. The zero-order valence-electron chi connectivity index (χ0n) is 17.6. The molecule has 0 bridgehead atoms. The van der Waals surface area contributed by atoms with E-state index in [4.69, 9.17) is 4.74 Å². The Kier molecular flexibility index (Phi) is 11.0. The minimum absolute atomic E-state index is 0. The summed E-state index contributed by atoms with van der Waals surface area (Å²) in [5.41, 5.74) is 0.762. The molecule has 0 radical (unpaired) electrons. The highest BCUT2D eigenvalue weighted by Crippen LogP contribution is 2.29. The summed E-state index contributed by atoms with van der Waals surface area (Å²) in [7, 11) is 2.98. The van der Waals surface area contributed by atoms with Crippen LogP contribution in [0.15, 0.2) is 23.2 Å². The quantitative estimate of drug-likeness (QED) is 0.237. The van der Waals surface area contributed by atoms with Crippen molar-refractivity contribution < 1.29 is 31.4 Å². The molecule has 1 aromatic rings. The van der Waals surface area contributed by atoms with Gasteiger partial charge in [-0.1, -0.05) is 6.07 Å². The summed E-state index contributed by atoms with van der Waals surface area (Å²) >= 11 is 0. The number of hydrogen-bond acceptors (Lipinski definition) is 4. The number of aliphatic imine (C=N–C) groups is 1. The maximum Gasteiger partial charge on any atom is 0.403 e. The van der Waals surface area contributed by atoms with E-state index in [1.54, 1.807) is 19.2 Å². The van der Waals surface area contributed by atoms with Crippen LogP contribution in [0.3, 0.4) is 0 Å². The van der Waals surface area contributed by atoms with E-state index in [9.17, 15) is 22.0 Å². The number of piperazine rings is 1. The fourth-order valence-corrected chi connectivity index (χ4v) is 3.24. The van der Waals surface area contributed by atoms with Crippen molar-refractivity contribution in [2.45, 2.75) is 32.2 Å². The van der Waals surface area contributed by atoms with Crippen molar-refractivity contribution >= 4 is 29.9 Å². The van der Waals surface area contributed by atoms with Gasteiger partial charge in [0.05, 0.1) is 7.11 Å². The summed E-state index contributed by atoms with van der Waals surface area (Å²) in [6, 6.07) is 3.32. The van der Waals surface area contributed by atoms with Crippen LogP contribution < -0.4 is 14.8 Å². The Morgan fingerprint density at radius 1 is 1.16 bits per heavy atom. The van der Waals surface area contributed by atoms with Gasteiger partial charge in [0.1, 0.15) is 6.04 Å². The number of methoxy groups -OCH3 is 1. The lowest BCUT2D eigenvalue weighted by Gasteiger charge is -2.39. The molecule has 1 heterocycles. The van der Waals surface area contributed by atoms with Gasteiger partial charge in [0, 0.05) is 39.8 Å². The predicted octanol–water partition coefficient (Wildman–Crippen LogP) is 3.60. The zero-order valence-corrected chi connectivity index (χ0v) is 19.9. The predicted molar refractivity (Wildman–Crippen MR) is 119 cm³/mol. The maximum atomic E-state index is 12.9. The number of nitrogens with one attached hydrogen (secondary N) is 1. The van der Waals surface area contributed by atoms with Crippen molar-refractivity contribution in [2.75, 3.05) is 46.9 Å². The summed E-state index contributed by atoms with van der Waals surface area (Å²) in [6.45, 7) is 0.104. The molecule has 0 saturated carbocycles. The fourth-order valence-electron chi connectivity index (χ4n) is 3.24. The van der Waals surface area contributed by atoms with Crippen LogP contribution in [0.1, 0.15) is 12.5 Å². The maximum absolute atomic E-state index is 12.9. The summed E-state index contributed by atoms with van der Waals surface area (Å²) in [5, 5.41) is 3.17. The van der Waals surface area contributed by atoms with Gasteiger partial charge < -0.3 is 19.7 Å². The van der Waals surface area contributed by atoms with Crippen LogP contribution in [0.5, 0.6) is 11.5 Å². The topological polar surface area (TPSA) is 49.3 Å². The van der Waals surface area contributed by atoms with E-state index in [0.29, 0.717) is 32.0 Å². The first-order chi connectivity index (χ1) is 14.2. The number of alkyl halides is 5. The van der Waals surface area contributed by atoms with Crippen LogP contribution in [-0.2, 0) is 6.42 Å². The lowest BCUT2D eigenvalue weighted by atomic mass is 10.1. The minimum atomic E-state index is -4.24. The Labute approximate surface area is 195 Å². The molecule has 0 spiro atoms. The number of ether oxygens (including phenoxy) is 2. The Balaban J connectivity index is 0.00000480. The van der Waals surface area contributed by atoms with Crippen LogP contribution >= 0.6 is 24.0 Å². The Morgan fingerprint density at radius 2 is 1.81 bits per heavy atom. The second-order valence-electron chi connectivity index (χ2n) is 6.83. The first-order valence-corrected chi connectivity index (χ1v) is 9.53. The van der Waals surface area contributed by atoms with E-state index in [1.807, 2.05) is 4.90 Å². The lowest BCUT2D eigenvalue weighted by Crippen LogP contribution is -2.56. The third kappa shape index (κ3) is 8.13. The van der Waals surface area contributed by atoms with Crippen LogP contribution in [0.2, 0.25) is 0 Å². The molecule has 1 atom stereocenters. The normalized spacial score (nSPS) is 16.7. The number of nitrogens with zero attached hydrogens (tertiary/aromatic N) is 3. The van der Waals surface area contributed by atoms with E-state index < -0.39 is 18.8 Å². The van der Waals surface area contributed by atoms with Crippen LogP contribution in [-0.4, -0.2) is 81.5 Å². The molecular weight excluding hydrogens is 538 g/mol. The number of guanidine groups is 1. The van der Waals surface area contributed by atoms with E-state index in [0.717, 1.165) is 5.56 Å². The van der Waals surface area contributed by atoms with Crippen molar-refractivity contribution in [3.8, 4) is 11.5 Å². The fraction of sp³-hybridized carbons (Fsp3) is 0.632. The molecule has 1 unspecified atom stereocenters. The molecule has 12 heteroatoms. The Hall–Kier alpha value is -1.57. The average Bonchev–Trinajstić information content (AvgIpc) is 2.70. The standard InChI is InChI=1S/C19H27F5N4O2.HI/c1-13(19(22,23)24)27-8-10-28(11-9-27)18(25-2)26-7-6-14-4-5-15(29-3)16(12-14)30-17(20)21;/h4-5,12-13,17H,6-11H2,1-3H3,(H,25,26);1H. The van der Waals surface area contributed by atoms with Crippen molar-refractivity contribution in [3.05, 3.63) is 23.8 Å². The van der Waals surface area contributed by atoms with Crippen LogP contribution in [0.4, 0.5) is 22.0 Å². The molecule has 0 aliphatic carbocycles. The third-order valence-corrected chi connectivity index (χ3v) is 4.99. The molecule has 1 aromatic carbocycles. The lowest BCUT2D eigenvalue weighted by molar-refractivity contribution is -0.181. The largest absolute Gasteiger partial charge is 0.493 e. The monoisotopic (exact) mass is 566 g/mol. The number of rotatable bonds is 7. The van der Waals surface area contributed by atoms with Gasteiger partial charge in [-0.15, -0.1) is 24.0 Å². The van der Waals surface area contributed by atoms with Gasteiger partial charge in [-0.3, -0.25) is 9.89 Å². The summed E-state index contributed by atoms with van der Waals surface area (Å²) in [6.07, 6.45) is -3.74. The molecule has 1 fully saturated rings. The molecular formula is C19H28F5IN4O2. The minimum Gasteiger partial charge on any atom is -0.493 e. The molecule has 1 aliphatic heterocycles. The summed E-state index contributed by atoms with van der Waals surface area (Å²) in [5.74, 6) is 0.768. The molecule has 2 rings (SSSR count). The molecule has 1 aliphatic rings. The van der Waals surface area contributed by atoms with Gasteiger partial charge >= 0.3 is 12.8 Å². The SMILES string of the molecule is CN=C(NCCc1ccc(OC)c(OC(F)F)c1)N1CCN(C(C)C(F)(F)F)CC1.I. The van der Waals surface area contributed by atoms with Crippen LogP contribution in [0, 0.1) is 0 Å². The van der Waals surface area contributed by atoms with E-state index >= 15 is 0 Å². The second-order valence-corrected chi connectivity index (χ2v) is 6.83. The van der Waals surface area contributed by atoms with E-state index in [-0.39, 0.29) is 48.6 Å². The highest BCUT2D eigenvalue weighted by Gasteiger charge is 2.41. The Bertz CT molecular complexity index is 713. The zero-order chi connectivity index (χ0) is 22.3. The first-order valence-electron chi connectivity index (χ1n) is 9.53. The molecule has 1 saturated heterocycles. The van der Waals surface area contributed by atoms with Gasteiger partial charge in [0.2, 0.25) is 0 Å². The molecule has 31 heavy (non-hydrogen) atoms. The van der Waals surface area contributed by atoms with E-state index in [1.165, 1.54) is 25.0 Å². The van der Waals surface area contributed by atoms with Gasteiger partial charge in [0.25, 0.3) is 0 Å². The number of benzene rings is 1. The van der Waals surface area contributed by atoms with Crippen LogP contribution in [0.25, 0.3) is 0 Å². The summed E-state index contributed by atoms with van der Waals surface area (Å²) in [4.78, 5) is 7.50. The van der Waals surface area contributed by atoms with Crippen molar-refractivity contribution in [1.29, 1.82) is 0 Å². The Morgan fingerprint density at radius 3 is 2.32 bits per heavy atom. The van der Waals surface area contributed by atoms with Gasteiger partial charge in [-0.05, 0) is 31.0 Å². The molecule has 0 amide bonds. The van der Waals surface area contributed by atoms with Gasteiger partial charge in [-0.2, -0.15) is 22.0 Å². The number of halogens is 6. The van der Waals surface area contributed by atoms with Crippen molar-refractivity contribution in [3.63, 3.8) is 0 Å². The highest BCUT2D eigenvalue weighted by molar-refractivity contribution is 14.0.